The fourth-order valence-electron chi connectivity index (χ4n) is 3.17. The van der Waals surface area contributed by atoms with Gasteiger partial charge in [-0.05, 0) is 55.2 Å². The van der Waals surface area contributed by atoms with Crippen LogP contribution in [0.2, 0.25) is 0 Å². The van der Waals surface area contributed by atoms with E-state index in [1.54, 1.807) is 7.11 Å². The van der Waals surface area contributed by atoms with Crippen molar-refractivity contribution in [3.63, 3.8) is 0 Å². The lowest BCUT2D eigenvalue weighted by Crippen LogP contribution is -2.26. The maximum atomic E-state index is 10.3. The van der Waals surface area contributed by atoms with E-state index in [2.05, 4.69) is 19.1 Å². The lowest BCUT2D eigenvalue weighted by atomic mass is 9.78. The normalized spacial score (nSPS) is 25.0. The van der Waals surface area contributed by atoms with Gasteiger partial charge >= 0.3 is 0 Å². The van der Waals surface area contributed by atoms with Crippen molar-refractivity contribution in [2.24, 2.45) is 11.8 Å². The maximum Gasteiger partial charge on any atom is 0.118 e. The first kappa shape index (κ1) is 14.4. The molecule has 106 valence electrons. The third-order valence-electron chi connectivity index (χ3n) is 4.41. The van der Waals surface area contributed by atoms with E-state index in [1.807, 2.05) is 12.1 Å². The number of hydrogen-bond donors (Lipinski definition) is 1. The van der Waals surface area contributed by atoms with Gasteiger partial charge in [0.1, 0.15) is 5.75 Å². The van der Waals surface area contributed by atoms with Crippen LogP contribution in [0, 0.1) is 11.8 Å². The molecule has 0 heterocycles. The van der Waals surface area contributed by atoms with Gasteiger partial charge < -0.3 is 9.84 Å². The number of aliphatic hydroxyl groups is 1. The highest BCUT2D eigenvalue weighted by molar-refractivity contribution is 5.27. The molecule has 1 N–H and O–H groups in total. The van der Waals surface area contributed by atoms with Crippen LogP contribution in [0.3, 0.4) is 0 Å². The molecule has 2 heteroatoms. The van der Waals surface area contributed by atoms with Crippen LogP contribution in [-0.2, 0) is 6.42 Å². The van der Waals surface area contributed by atoms with E-state index >= 15 is 0 Å². The van der Waals surface area contributed by atoms with E-state index in [-0.39, 0.29) is 6.10 Å². The zero-order valence-electron chi connectivity index (χ0n) is 12.1. The summed E-state index contributed by atoms with van der Waals surface area (Å²) in [4.78, 5) is 0. The molecule has 2 nitrogen and oxygen atoms in total. The quantitative estimate of drug-likeness (QED) is 0.874. The molecule has 0 spiro atoms. The van der Waals surface area contributed by atoms with Crippen LogP contribution in [0.5, 0.6) is 5.75 Å². The molecule has 1 aromatic carbocycles. The number of methoxy groups -OCH3 is 1. The molecule has 1 aliphatic carbocycles. The first-order valence-electron chi connectivity index (χ1n) is 7.50. The summed E-state index contributed by atoms with van der Waals surface area (Å²) in [6.45, 7) is 2.31. The van der Waals surface area contributed by atoms with E-state index in [9.17, 15) is 5.11 Å². The fourth-order valence-corrected chi connectivity index (χ4v) is 3.17. The van der Waals surface area contributed by atoms with Crippen molar-refractivity contribution < 1.29 is 9.84 Å². The van der Waals surface area contributed by atoms with Crippen LogP contribution in [0.1, 0.15) is 44.6 Å². The second-order valence-corrected chi connectivity index (χ2v) is 5.99. The predicted octanol–water partition coefficient (Wildman–Crippen LogP) is 3.82. The summed E-state index contributed by atoms with van der Waals surface area (Å²) in [6.07, 6.45) is 6.72. The average Bonchev–Trinajstić information content (AvgIpc) is 2.45. The van der Waals surface area contributed by atoms with Crippen LogP contribution < -0.4 is 4.74 Å². The van der Waals surface area contributed by atoms with Crippen LogP contribution in [-0.4, -0.2) is 18.3 Å². The Morgan fingerprint density at radius 1 is 1.26 bits per heavy atom. The second kappa shape index (κ2) is 6.95. The summed E-state index contributed by atoms with van der Waals surface area (Å²) in [5.41, 5.74) is 1.28. The highest BCUT2D eigenvalue weighted by Crippen LogP contribution is 2.32. The van der Waals surface area contributed by atoms with E-state index in [4.69, 9.17) is 4.74 Å². The topological polar surface area (TPSA) is 29.5 Å². The van der Waals surface area contributed by atoms with Crippen LogP contribution in [0.15, 0.2) is 24.3 Å². The Balaban J connectivity index is 1.80. The van der Waals surface area contributed by atoms with Gasteiger partial charge in [-0.15, -0.1) is 0 Å². The lowest BCUT2D eigenvalue weighted by molar-refractivity contribution is 0.0651. The largest absolute Gasteiger partial charge is 0.497 e. The summed E-state index contributed by atoms with van der Waals surface area (Å²) in [5.74, 6) is 2.20. The molecule has 1 aliphatic rings. The van der Waals surface area contributed by atoms with Gasteiger partial charge in [0, 0.05) is 0 Å². The molecule has 2 rings (SSSR count). The molecule has 0 bridgehead atoms. The Hall–Kier alpha value is -1.02. The zero-order valence-corrected chi connectivity index (χ0v) is 12.1. The van der Waals surface area contributed by atoms with Crippen LogP contribution in [0.4, 0.5) is 0 Å². The summed E-state index contributed by atoms with van der Waals surface area (Å²) in [6, 6.07) is 8.17. The molecule has 1 aromatic rings. The molecule has 0 aliphatic heterocycles. The first-order valence-corrected chi connectivity index (χ1v) is 7.50. The highest BCUT2D eigenvalue weighted by Gasteiger charge is 2.24. The Kier molecular flexibility index (Phi) is 5.26. The number of aliphatic hydroxyl groups excluding tert-OH is 1. The Morgan fingerprint density at radius 3 is 2.63 bits per heavy atom. The number of aryl methyl sites for hydroxylation is 1. The molecule has 1 fully saturated rings. The van der Waals surface area contributed by atoms with Gasteiger partial charge in [0.2, 0.25) is 0 Å². The molecule has 0 amide bonds. The van der Waals surface area contributed by atoms with Gasteiger partial charge in [0.25, 0.3) is 0 Å². The van der Waals surface area contributed by atoms with E-state index in [1.165, 1.54) is 31.2 Å². The summed E-state index contributed by atoms with van der Waals surface area (Å²) in [7, 11) is 1.68. The van der Waals surface area contributed by atoms with Crippen molar-refractivity contribution in [3.8, 4) is 5.75 Å². The van der Waals surface area contributed by atoms with Crippen molar-refractivity contribution in [1.29, 1.82) is 0 Å². The molecule has 0 aromatic heterocycles. The van der Waals surface area contributed by atoms with Crippen molar-refractivity contribution >= 4 is 0 Å². The minimum Gasteiger partial charge on any atom is -0.497 e. The first-order chi connectivity index (χ1) is 9.19. The van der Waals surface area contributed by atoms with Gasteiger partial charge in [0.05, 0.1) is 13.2 Å². The molecule has 1 saturated carbocycles. The minimum absolute atomic E-state index is 0.134. The number of benzene rings is 1. The van der Waals surface area contributed by atoms with Crippen molar-refractivity contribution in [3.05, 3.63) is 29.8 Å². The van der Waals surface area contributed by atoms with Gasteiger partial charge in [-0.25, -0.2) is 0 Å². The Bertz CT molecular complexity index is 371. The lowest BCUT2D eigenvalue weighted by Gasteiger charge is -2.30. The molecular weight excluding hydrogens is 236 g/mol. The van der Waals surface area contributed by atoms with Gasteiger partial charge in [-0.3, -0.25) is 0 Å². The molecule has 3 unspecified atom stereocenters. The smallest absolute Gasteiger partial charge is 0.118 e. The van der Waals surface area contributed by atoms with Crippen LogP contribution >= 0.6 is 0 Å². The monoisotopic (exact) mass is 262 g/mol. The Labute approximate surface area is 116 Å². The third kappa shape index (κ3) is 4.24. The highest BCUT2D eigenvalue weighted by atomic mass is 16.5. The SMILES string of the molecule is COc1ccc(CCC(O)C2CCCC(C)C2)cc1. The molecule has 3 atom stereocenters. The van der Waals surface area contributed by atoms with E-state index in [0.717, 1.165) is 24.5 Å². The Morgan fingerprint density at radius 2 is 2.00 bits per heavy atom. The van der Waals surface area contributed by atoms with Crippen molar-refractivity contribution in [1.82, 2.24) is 0 Å². The summed E-state index contributed by atoms with van der Waals surface area (Å²) < 4.78 is 5.15. The van der Waals surface area contributed by atoms with Crippen molar-refractivity contribution in [2.45, 2.75) is 51.6 Å². The van der Waals surface area contributed by atoms with Crippen LogP contribution in [0.25, 0.3) is 0 Å². The minimum atomic E-state index is -0.134. The average molecular weight is 262 g/mol. The van der Waals surface area contributed by atoms with Crippen molar-refractivity contribution in [2.75, 3.05) is 7.11 Å². The number of hydrogen-bond acceptors (Lipinski definition) is 2. The fraction of sp³-hybridized carbons (Fsp3) is 0.647. The summed E-state index contributed by atoms with van der Waals surface area (Å²) in [5, 5.41) is 10.3. The van der Waals surface area contributed by atoms with E-state index in [0.29, 0.717) is 5.92 Å². The van der Waals surface area contributed by atoms with Gasteiger partial charge in [-0.1, -0.05) is 31.9 Å². The molecule has 0 saturated heterocycles. The zero-order chi connectivity index (χ0) is 13.7. The number of rotatable bonds is 5. The van der Waals surface area contributed by atoms with Gasteiger partial charge in [-0.2, -0.15) is 0 Å². The van der Waals surface area contributed by atoms with E-state index < -0.39 is 0 Å². The second-order valence-electron chi connectivity index (χ2n) is 5.99. The maximum absolute atomic E-state index is 10.3. The predicted molar refractivity (Wildman–Crippen MR) is 78.4 cm³/mol. The molecule has 19 heavy (non-hydrogen) atoms. The third-order valence-corrected chi connectivity index (χ3v) is 4.41. The number of ether oxygens (including phenoxy) is 1. The molecular formula is C17H26O2. The molecule has 0 radical (unpaired) electrons. The summed E-state index contributed by atoms with van der Waals surface area (Å²) >= 11 is 0. The van der Waals surface area contributed by atoms with Gasteiger partial charge in [0.15, 0.2) is 0 Å². The standard InChI is InChI=1S/C17H26O2/c1-13-4-3-5-15(12-13)17(18)11-8-14-6-9-16(19-2)10-7-14/h6-7,9-10,13,15,17-18H,3-5,8,11-12H2,1-2H3.